The first-order valence-electron chi connectivity index (χ1n) is 16.4. The monoisotopic (exact) mass is 683 g/mol. The lowest BCUT2D eigenvalue weighted by Gasteiger charge is -2.32. The molecule has 16 heteroatoms. The van der Waals surface area contributed by atoms with Gasteiger partial charge in [0, 0.05) is 6.54 Å². The summed E-state index contributed by atoms with van der Waals surface area (Å²) in [4.78, 5) is 91.5. The largest absolute Gasteiger partial charge is 0.480 e. The van der Waals surface area contributed by atoms with Gasteiger partial charge in [-0.15, -0.1) is 0 Å². The quantitative estimate of drug-likeness (QED) is 0.0969. The predicted octanol–water partition coefficient (Wildman–Crippen LogP) is -0.655. The SMILES string of the molecule is CC[C@H](C)[C@H](NC(=O)[C@H](CCSC)NC(=O)[C@@H]1CCCN1C(=O)[C@@H](NC(=O)CNC(=O)[C@@H]1CCCN1)C(C)C)C(=O)N[C@@H](C)C(=O)O. The number of rotatable bonds is 18. The highest BCUT2D eigenvalue weighted by atomic mass is 32.2. The van der Waals surface area contributed by atoms with E-state index in [1.165, 1.54) is 23.6 Å². The molecule has 2 aliphatic rings. The average molecular weight is 684 g/mol. The predicted molar refractivity (Wildman–Crippen MR) is 177 cm³/mol. The van der Waals surface area contributed by atoms with Crippen LogP contribution in [0.2, 0.25) is 0 Å². The van der Waals surface area contributed by atoms with E-state index in [1.54, 1.807) is 20.8 Å². The normalized spacial score (nSPS) is 20.8. The molecule has 0 aromatic carbocycles. The van der Waals surface area contributed by atoms with E-state index in [9.17, 15) is 38.7 Å². The van der Waals surface area contributed by atoms with Gasteiger partial charge in [-0.05, 0) is 69.4 Å². The number of aliphatic carboxylic acids is 1. The maximum atomic E-state index is 13.7. The molecule has 266 valence electrons. The van der Waals surface area contributed by atoms with Gasteiger partial charge in [-0.1, -0.05) is 34.1 Å². The van der Waals surface area contributed by atoms with E-state index in [4.69, 9.17) is 0 Å². The molecule has 0 saturated carbocycles. The lowest BCUT2D eigenvalue weighted by atomic mass is 9.97. The van der Waals surface area contributed by atoms with Crippen molar-refractivity contribution in [1.82, 2.24) is 36.8 Å². The van der Waals surface area contributed by atoms with Crippen molar-refractivity contribution in [3.05, 3.63) is 0 Å². The standard InChI is InChI=1S/C31H53N7O8S/c1-7-18(4)25(29(43)34-19(5)31(45)46)37-27(41)21(12-15-47-6)35-28(42)22-11-9-14-38(22)30(44)24(17(2)3)36-23(39)16-33-26(40)20-10-8-13-32-20/h17-22,24-25,32H,7-16H2,1-6H3,(H,33,40)(H,34,43)(H,35,42)(H,36,39)(H,37,41)(H,45,46)/t18-,19-,20-,21-,22-,24-,25-/m0/s1. The Balaban J connectivity index is 2.11. The Kier molecular flexibility index (Phi) is 16.4. The van der Waals surface area contributed by atoms with E-state index in [-0.39, 0.29) is 36.8 Å². The molecule has 2 saturated heterocycles. The van der Waals surface area contributed by atoms with Gasteiger partial charge in [-0.2, -0.15) is 11.8 Å². The zero-order chi connectivity index (χ0) is 35.3. The third-order valence-corrected chi connectivity index (χ3v) is 9.30. The summed E-state index contributed by atoms with van der Waals surface area (Å²) in [5.74, 6) is -4.29. The smallest absolute Gasteiger partial charge is 0.325 e. The van der Waals surface area contributed by atoms with Crippen molar-refractivity contribution in [1.29, 1.82) is 0 Å². The minimum Gasteiger partial charge on any atom is -0.480 e. The maximum Gasteiger partial charge on any atom is 0.325 e. The Morgan fingerprint density at radius 2 is 1.60 bits per heavy atom. The van der Waals surface area contributed by atoms with Crippen LogP contribution in [-0.4, -0.2) is 119 Å². The molecule has 0 unspecified atom stereocenters. The first-order chi connectivity index (χ1) is 22.2. The lowest BCUT2D eigenvalue weighted by molar-refractivity contribution is -0.143. The number of hydrogen-bond donors (Lipinski definition) is 7. The van der Waals surface area contributed by atoms with Gasteiger partial charge in [0.15, 0.2) is 0 Å². The Labute approximate surface area is 281 Å². The molecule has 2 heterocycles. The third-order valence-electron chi connectivity index (χ3n) is 8.65. The molecule has 2 aliphatic heterocycles. The van der Waals surface area contributed by atoms with Crippen molar-refractivity contribution in [2.75, 3.05) is 31.6 Å². The fourth-order valence-corrected chi connectivity index (χ4v) is 5.98. The molecule has 6 amide bonds. The molecule has 7 atom stereocenters. The number of nitrogens with one attached hydrogen (secondary N) is 6. The van der Waals surface area contributed by atoms with Crippen molar-refractivity contribution in [2.24, 2.45) is 11.8 Å². The van der Waals surface area contributed by atoms with E-state index in [2.05, 4.69) is 31.9 Å². The molecule has 0 aromatic heterocycles. The molecule has 2 fully saturated rings. The lowest BCUT2D eigenvalue weighted by Crippen LogP contribution is -2.60. The van der Waals surface area contributed by atoms with E-state index < -0.39 is 65.7 Å². The van der Waals surface area contributed by atoms with Gasteiger partial charge in [-0.25, -0.2) is 0 Å². The minimum absolute atomic E-state index is 0.257. The van der Waals surface area contributed by atoms with Crippen molar-refractivity contribution in [2.45, 2.75) is 109 Å². The van der Waals surface area contributed by atoms with E-state index in [0.29, 0.717) is 38.0 Å². The fraction of sp³-hybridized carbons (Fsp3) is 0.774. The Hall–Kier alpha value is -3.40. The summed E-state index contributed by atoms with van der Waals surface area (Å²) in [6, 6.07) is -5.34. The summed E-state index contributed by atoms with van der Waals surface area (Å²) in [7, 11) is 0. The Morgan fingerprint density at radius 3 is 2.17 bits per heavy atom. The molecule has 0 bridgehead atoms. The van der Waals surface area contributed by atoms with Gasteiger partial charge in [0.2, 0.25) is 35.4 Å². The van der Waals surface area contributed by atoms with Crippen molar-refractivity contribution >= 4 is 53.2 Å². The molecule has 15 nitrogen and oxygen atoms in total. The minimum atomic E-state index is -1.21. The summed E-state index contributed by atoms with van der Waals surface area (Å²) < 4.78 is 0. The number of amides is 6. The van der Waals surface area contributed by atoms with Crippen molar-refractivity contribution in [3.63, 3.8) is 0 Å². The zero-order valence-electron chi connectivity index (χ0n) is 28.4. The maximum absolute atomic E-state index is 13.7. The van der Waals surface area contributed by atoms with E-state index >= 15 is 0 Å². The number of carboxylic acid groups (broad SMARTS) is 1. The van der Waals surface area contributed by atoms with Gasteiger partial charge in [0.05, 0.1) is 12.6 Å². The summed E-state index contributed by atoms with van der Waals surface area (Å²) in [6.07, 6.45) is 5.12. The van der Waals surface area contributed by atoms with Crippen LogP contribution in [0.15, 0.2) is 0 Å². The number of carbonyl (C=O) groups is 7. The van der Waals surface area contributed by atoms with Crippen LogP contribution in [0.3, 0.4) is 0 Å². The number of hydrogen-bond acceptors (Lipinski definition) is 9. The average Bonchev–Trinajstić information content (AvgIpc) is 3.75. The van der Waals surface area contributed by atoms with Gasteiger partial charge in [0.1, 0.15) is 30.2 Å². The number of carboxylic acids is 1. The number of nitrogens with zero attached hydrogens (tertiary/aromatic N) is 1. The molecule has 0 aromatic rings. The topological polar surface area (TPSA) is 215 Å². The molecule has 0 radical (unpaired) electrons. The molecule has 47 heavy (non-hydrogen) atoms. The first-order valence-corrected chi connectivity index (χ1v) is 17.8. The first kappa shape index (κ1) is 39.8. The van der Waals surface area contributed by atoms with Gasteiger partial charge in [0.25, 0.3) is 0 Å². The van der Waals surface area contributed by atoms with Crippen LogP contribution in [0.1, 0.15) is 73.1 Å². The summed E-state index contributed by atoms with van der Waals surface area (Å²) >= 11 is 1.47. The third kappa shape index (κ3) is 12.0. The second-order valence-electron chi connectivity index (χ2n) is 12.6. The van der Waals surface area contributed by atoms with Crippen LogP contribution in [0.4, 0.5) is 0 Å². The molecule has 7 N–H and O–H groups in total. The van der Waals surface area contributed by atoms with E-state index in [0.717, 1.165) is 13.0 Å². The van der Waals surface area contributed by atoms with Crippen LogP contribution >= 0.6 is 11.8 Å². The van der Waals surface area contributed by atoms with Crippen LogP contribution in [0.25, 0.3) is 0 Å². The summed E-state index contributed by atoms with van der Waals surface area (Å²) in [5, 5.41) is 25.5. The van der Waals surface area contributed by atoms with Crippen molar-refractivity contribution < 1.29 is 38.7 Å². The number of likely N-dealkylation sites (tertiary alicyclic amines) is 1. The second-order valence-corrected chi connectivity index (χ2v) is 13.6. The summed E-state index contributed by atoms with van der Waals surface area (Å²) in [6.45, 7) is 9.23. The zero-order valence-corrected chi connectivity index (χ0v) is 29.2. The van der Waals surface area contributed by atoms with E-state index in [1.807, 2.05) is 13.2 Å². The van der Waals surface area contributed by atoms with Gasteiger partial charge < -0.3 is 41.9 Å². The van der Waals surface area contributed by atoms with Gasteiger partial charge >= 0.3 is 5.97 Å². The second kappa shape index (κ2) is 19.4. The Morgan fingerprint density at radius 1 is 0.894 bits per heavy atom. The summed E-state index contributed by atoms with van der Waals surface area (Å²) in [5.41, 5.74) is 0. The van der Waals surface area contributed by atoms with Crippen LogP contribution in [-0.2, 0) is 33.6 Å². The molecular formula is C31H53N7O8S. The highest BCUT2D eigenvalue weighted by molar-refractivity contribution is 7.98. The van der Waals surface area contributed by atoms with Crippen LogP contribution < -0.4 is 31.9 Å². The molecule has 2 rings (SSSR count). The molecular weight excluding hydrogens is 630 g/mol. The van der Waals surface area contributed by atoms with Crippen LogP contribution in [0, 0.1) is 11.8 Å². The Bertz CT molecular complexity index is 1130. The van der Waals surface area contributed by atoms with Crippen LogP contribution in [0.5, 0.6) is 0 Å². The highest BCUT2D eigenvalue weighted by Gasteiger charge is 2.40. The highest BCUT2D eigenvalue weighted by Crippen LogP contribution is 2.21. The number of thioether (sulfide) groups is 1. The fourth-order valence-electron chi connectivity index (χ4n) is 5.51. The molecule has 0 aliphatic carbocycles. The van der Waals surface area contributed by atoms with Crippen molar-refractivity contribution in [3.8, 4) is 0 Å². The molecule has 0 spiro atoms. The number of carbonyl (C=O) groups excluding carboxylic acids is 6. The van der Waals surface area contributed by atoms with Gasteiger partial charge in [-0.3, -0.25) is 33.6 Å².